The number of rotatable bonds is 7. The summed E-state index contributed by atoms with van der Waals surface area (Å²) in [5, 5.41) is 3.16. The van der Waals surface area contributed by atoms with E-state index in [-0.39, 0.29) is 31.4 Å². The van der Waals surface area contributed by atoms with Crippen LogP contribution in [0.2, 0.25) is 5.02 Å². The maximum Gasteiger partial charge on any atom is 0.338 e. The number of thioether (sulfide) groups is 1. The van der Waals surface area contributed by atoms with Crippen LogP contribution in [0.25, 0.3) is 0 Å². The molecule has 3 aromatic carbocycles. The van der Waals surface area contributed by atoms with Crippen LogP contribution in [0.15, 0.2) is 77.8 Å². The molecule has 3 aromatic rings. The Labute approximate surface area is 224 Å². The predicted molar refractivity (Wildman–Crippen MR) is 147 cm³/mol. The second-order valence-corrected chi connectivity index (χ2v) is 9.98. The maximum absolute atomic E-state index is 13.3. The molecule has 0 bridgehead atoms. The van der Waals surface area contributed by atoms with E-state index in [9.17, 15) is 14.4 Å². The average molecular weight is 536 g/mol. The van der Waals surface area contributed by atoms with E-state index in [1.54, 1.807) is 42.2 Å². The fourth-order valence-electron chi connectivity index (χ4n) is 3.74. The molecule has 1 N–H and O–H groups in total. The highest BCUT2D eigenvalue weighted by molar-refractivity contribution is 8.15. The Bertz CT molecular complexity index is 1340. The highest BCUT2D eigenvalue weighted by atomic mass is 35.5. The second kappa shape index (κ2) is 12.1. The van der Waals surface area contributed by atoms with Gasteiger partial charge in [-0.1, -0.05) is 53.7 Å². The third kappa shape index (κ3) is 6.78. The highest BCUT2D eigenvalue weighted by Crippen LogP contribution is 2.32. The highest BCUT2D eigenvalue weighted by Gasteiger charge is 2.36. The molecule has 37 heavy (non-hydrogen) atoms. The minimum atomic E-state index is -0.659. The van der Waals surface area contributed by atoms with Gasteiger partial charge in [0.05, 0.1) is 24.4 Å². The molecular weight excluding hydrogens is 510 g/mol. The molecular formula is C28H26ClN3O4S. The minimum absolute atomic E-state index is 0.0214. The SMILES string of the molecule is CCOC(=O)c1ccc(N=C2SC(C(=O)Nc3cccc(C)c3)CC(=O)N2Cc2ccccc2Cl)cc1. The summed E-state index contributed by atoms with van der Waals surface area (Å²) in [5.74, 6) is -0.922. The Balaban J connectivity index is 1.61. The number of hydrogen-bond donors (Lipinski definition) is 1. The van der Waals surface area contributed by atoms with Gasteiger partial charge < -0.3 is 10.1 Å². The van der Waals surface area contributed by atoms with Crippen molar-refractivity contribution in [2.45, 2.75) is 32.1 Å². The zero-order valence-electron chi connectivity index (χ0n) is 20.4. The van der Waals surface area contributed by atoms with Crippen molar-refractivity contribution >= 4 is 57.7 Å². The van der Waals surface area contributed by atoms with Crippen molar-refractivity contribution in [3.63, 3.8) is 0 Å². The van der Waals surface area contributed by atoms with E-state index in [1.165, 1.54) is 11.8 Å². The second-order valence-electron chi connectivity index (χ2n) is 8.40. The van der Waals surface area contributed by atoms with Crippen LogP contribution in [0.1, 0.15) is 34.8 Å². The summed E-state index contributed by atoms with van der Waals surface area (Å²) >= 11 is 7.58. The first-order valence-electron chi connectivity index (χ1n) is 11.8. The lowest BCUT2D eigenvalue weighted by Crippen LogP contribution is -2.44. The molecule has 0 aliphatic carbocycles. The molecule has 190 valence electrons. The fourth-order valence-corrected chi connectivity index (χ4v) is 5.03. The monoisotopic (exact) mass is 535 g/mol. The smallest absolute Gasteiger partial charge is 0.338 e. The summed E-state index contributed by atoms with van der Waals surface area (Å²) in [6, 6.07) is 21.4. The number of aryl methyl sites for hydroxylation is 1. The van der Waals surface area contributed by atoms with Gasteiger partial charge in [0.1, 0.15) is 5.25 Å². The Morgan fingerprint density at radius 1 is 1.11 bits per heavy atom. The number of nitrogens with zero attached hydrogens (tertiary/aromatic N) is 2. The third-order valence-corrected chi connectivity index (χ3v) is 7.16. The molecule has 0 radical (unpaired) electrons. The van der Waals surface area contributed by atoms with E-state index in [1.807, 2.05) is 49.4 Å². The van der Waals surface area contributed by atoms with E-state index in [0.717, 1.165) is 11.1 Å². The number of hydrogen-bond acceptors (Lipinski definition) is 6. The number of carbonyl (C=O) groups excluding carboxylic acids is 3. The largest absolute Gasteiger partial charge is 0.462 e. The molecule has 0 saturated carbocycles. The van der Waals surface area contributed by atoms with Crippen LogP contribution < -0.4 is 5.32 Å². The van der Waals surface area contributed by atoms with Gasteiger partial charge in [-0.25, -0.2) is 9.79 Å². The summed E-state index contributed by atoms with van der Waals surface area (Å²) < 4.78 is 5.03. The van der Waals surface area contributed by atoms with Crippen LogP contribution in [0.5, 0.6) is 0 Å². The fraction of sp³-hybridized carbons (Fsp3) is 0.214. The molecule has 0 spiro atoms. The van der Waals surface area contributed by atoms with Crippen LogP contribution in [0.4, 0.5) is 11.4 Å². The van der Waals surface area contributed by atoms with Crippen LogP contribution in [0, 0.1) is 6.92 Å². The lowest BCUT2D eigenvalue weighted by atomic mass is 10.2. The minimum Gasteiger partial charge on any atom is -0.462 e. The van der Waals surface area contributed by atoms with Crippen molar-refractivity contribution in [3.05, 3.63) is 94.5 Å². The number of ether oxygens (including phenoxy) is 1. The Hall–Kier alpha value is -3.62. The first-order valence-corrected chi connectivity index (χ1v) is 13.0. The molecule has 1 aliphatic heterocycles. The predicted octanol–water partition coefficient (Wildman–Crippen LogP) is 5.99. The number of esters is 1. The van der Waals surface area contributed by atoms with E-state index in [0.29, 0.717) is 27.1 Å². The number of amides is 2. The van der Waals surface area contributed by atoms with Gasteiger partial charge in [0, 0.05) is 17.1 Å². The zero-order chi connectivity index (χ0) is 26.4. The summed E-state index contributed by atoms with van der Waals surface area (Å²) in [4.78, 5) is 44.6. The van der Waals surface area contributed by atoms with Crippen molar-refractivity contribution < 1.29 is 19.1 Å². The van der Waals surface area contributed by atoms with Crippen molar-refractivity contribution in [3.8, 4) is 0 Å². The molecule has 1 fully saturated rings. The molecule has 7 nitrogen and oxygen atoms in total. The standard InChI is InChI=1S/C28H26ClN3O4S/c1-3-36-27(35)19-11-13-21(14-12-19)31-28-32(17-20-8-4-5-10-23(20)29)25(33)16-24(37-28)26(34)30-22-9-6-7-18(2)15-22/h4-15,24H,3,16-17H2,1-2H3,(H,30,34). The van der Waals surface area contributed by atoms with Crippen LogP contribution in [0.3, 0.4) is 0 Å². The molecule has 4 rings (SSSR count). The summed E-state index contributed by atoms with van der Waals surface area (Å²) in [7, 11) is 0. The normalized spacial score (nSPS) is 16.5. The molecule has 2 amide bonds. The lowest BCUT2D eigenvalue weighted by molar-refractivity contribution is -0.129. The number of anilines is 1. The number of aliphatic imine (C=N–C) groups is 1. The van der Waals surface area contributed by atoms with Gasteiger partial charge in [-0.05, 0) is 67.4 Å². The Morgan fingerprint density at radius 3 is 2.57 bits per heavy atom. The van der Waals surface area contributed by atoms with E-state index >= 15 is 0 Å². The number of halogens is 1. The number of amidine groups is 1. The van der Waals surface area contributed by atoms with Gasteiger partial charge in [-0.3, -0.25) is 14.5 Å². The van der Waals surface area contributed by atoms with Crippen molar-refractivity contribution in [1.29, 1.82) is 0 Å². The van der Waals surface area contributed by atoms with Crippen molar-refractivity contribution in [1.82, 2.24) is 4.90 Å². The Morgan fingerprint density at radius 2 is 1.86 bits per heavy atom. The quantitative estimate of drug-likeness (QED) is 0.376. The lowest BCUT2D eigenvalue weighted by Gasteiger charge is -2.32. The molecule has 9 heteroatoms. The number of carbonyl (C=O) groups is 3. The molecule has 1 atom stereocenters. The van der Waals surface area contributed by atoms with E-state index in [2.05, 4.69) is 10.3 Å². The molecule has 1 saturated heterocycles. The van der Waals surface area contributed by atoms with Gasteiger partial charge in [-0.2, -0.15) is 0 Å². The summed E-state index contributed by atoms with van der Waals surface area (Å²) in [6.07, 6.45) is 0.0214. The van der Waals surface area contributed by atoms with Gasteiger partial charge in [0.25, 0.3) is 0 Å². The average Bonchev–Trinajstić information content (AvgIpc) is 2.87. The van der Waals surface area contributed by atoms with Gasteiger partial charge in [-0.15, -0.1) is 0 Å². The third-order valence-electron chi connectivity index (χ3n) is 5.61. The maximum atomic E-state index is 13.3. The topological polar surface area (TPSA) is 88.1 Å². The van der Waals surface area contributed by atoms with Gasteiger partial charge >= 0.3 is 5.97 Å². The van der Waals surface area contributed by atoms with Crippen LogP contribution >= 0.6 is 23.4 Å². The van der Waals surface area contributed by atoms with E-state index < -0.39 is 11.2 Å². The summed E-state index contributed by atoms with van der Waals surface area (Å²) in [5.41, 5.74) is 3.40. The molecule has 1 aliphatic rings. The van der Waals surface area contributed by atoms with Gasteiger partial charge in [0.2, 0.25) is 11.8 Å². The first-order chi connectivity index (χ1) is 17.8. The summed E-state index contributed by atoms with van der Waals surface area (Å²) in [6.45, 7) is 4.19. The molecule has 1 heterocycles. The first kappa shape index (κ1) is 26.4. The zero-order valence-corrected chi connectivity index (χ0v) is 22.0. The molecule has 1 unspecified atom stereocenters. The van der Waals surface area contributed by atoms with Crippen LogP contribution in [-0.2, 0) is 20.9 Å². The van der Waals surface area contributed by atoms with Crippen LogP contribution in [-0.4, -0.2) is 39.7 Å². The van der Waals surface area contributed by atoms with Crippen molar-refractivity contribution in [2.24, 2.45) is 4.99 Å². The van der Waals surface area contributed by atoms with Gasteiger partial charge in [0.15, 0.2) is 5.17 Å². The Kier molecular flexibility index (Phi) is 8.63. The molecule has 0 aromatic heterocycles. The van der Waals surface area contributed by atoms with Crippen molar-refractivity contribution in [2.75, 3.05) is 11.9 Å². The van der Waals surface area contributed by atoms with E-state index in [4.69, 9.17) is 16.3 Å². The number of nitrogens with one attached hydrogen (secondary N) is 1. The number of benzene rings is 3.